The first-order chi connectivity index (χ1) is 11.6. The van der Waals surface area contributed by atoms with E-state index in [9.17, 15) is 0 Å². The van der Waals surface area contributed by atoms with E-state index < -0.39 is 0 Å². The molecule has 1 aromatic carbocycles. The second kappa shape index (κ2) is 7.45. The first-order valence-electron chi connectivity index (χ1n) is 8.41. The summed E-state index contributed by atoms with van der Waals surface area (Å²) in [5, 5.41) is 7.99. The number of hydrogen-bond acceptors (Lipinski definition) is 3. The summed E-state index contributed by atoms with van der Waals surface area (Å²) in [6.45, 7) is 8.02. The average Bonchev–Trinajstić information content (AvgIpc) is 3.22. The van der Waals surface area contributed by atoms with Crippen molar-refractivity contribution >= 4 is 0 Å². The van der Waals surface area contributed by atoms with Gasteiger partial charge >= 0.3 is 0 Å². The van der Waals surface area contributed by atoms with Crippen molar-refractivity contribution in [1.29, 1.82) is 0 Å². The SMILES string of the molecule is Cc1cnn([C@H](C)[C@@H](C)NCc2nccn2Cc2ccccc2)c1. The lowest BCUT2D eigenvalue weighted by Gasteiger charge is -2.22. The minimum atomic E-state index is 0.288. The van der Waals surface area contributed by atoms with Crippen LogP contribution in [0.1, 0.15) is 36.8 Å². The van der Waals surface area contributed by atoms with Crippen LogP contribution in [-0.2, 0) is 13.1 Å². The molecule has 0 radical (unpaired) electrons. The summed E-state index contributed by atoms with van der Waals surface area (Å²) in [5.74, 6) is 1.05. The van der Waals surface area contributed by atoms with Crippen LogP contribution in [-0.4, -0.2) is 25.4 Å². The minimum Gasteiger partial charge on any atom is -0.329 e. The largest absolute Gasteiger partial charge is 0.329 e. The molecule has 24 heavy (non-hydrogen) atoms. The quantitative estimate of drug-likeness (QED) is 0.726. The second-order valence-electron chi connectivity index (χ2n) is 6.36. The predicted molar refractivity (Wildman–Crippen MR) is 95.7 cm³/mol. The van der Waals surface area contributed by atoms with Gasteiger partial charge in [0.1, 0.15) is 5.82 Å². The van der Waals surface area contributed by atoms with Crippen LogP contribution >= 0.6 is 0 Å². The van der Waals surface area contributed by atoms with Gasteiger partial charge in [0.25, 0.3) is 0 Å². The van der Waals surface area contributed by atoms with E-state index in [-0.39, 0.29) is 6.04 Å². The molecule has 1 N–H and O–H groups in total. The number of imidazole rings is 1. The molecular formula is C19H25N5. The number of nitrogens with zero attached hydrogens (tertiary/aromatic N) is 4. The van der Waals surface area contributed by atoms with Gasteiger partial charge in [0.2, 0.25) is 0 Å². The molecule has 0 bridgehead atoms. The van der Waals surface area contributed by atoms with Crippen LogP contribution in [0.2, 0.25) is 0 Å². The van der Waals surface area contributed by atoms with Gasteiger partial charge in [0, 0.05) is 31.2 Å². The Bertz CT molecular complexity index is 759. The molecule has 2 aromatic heterocycles. The van der Waals surface area contributed by atoms with E-state index in [1.807, 2.05) is 29.3 Å². The normalized spacial score (nSPS) is 13.8. The van der Waals surface area contributed by atoms with E-state index in [0.717, 1.165) is 18.9 Å². The Morgan fingerprint density at radius 2 is 1.96 bits per heavy atom. The number of rotatable bonds is 7. The molecule has 0 saturated heterocycles. The van der Waals surface area contributed by atoms with Crippen LogP contribution in [0.4, 0.5) is 0 Å². The molecule has 0 saturated carbocycles. The zero-order chi connectivity index (χ0) is 16.9. The van der Waals surface area contributed by atoms with Crippen LogP contribution < -0.4 is 5.32 Å². The van der Waals surface area contributed by atoms with Gasteiger partial charge in [-0.15, -0.1) is 0 Å². The van der Waals surface area contributed by atoms with Crippen LogP contribution in [0.3, 0.4) is 0 Å². The Labute approximate surface area is 143 Å². The number of nitrogens with one attached hydrogen (secondary N) is 1. The number of hydrogen-bond donors (Lipinski definition) is 1. The zero-order valence-electron chi connectivity index (χ0n) is 14.6. The van der Waals surface area contributed by atoms with Crippen molar-refractivity contribution in [1.82, 2.24) is 24.6 Å². The molecule has 2 heterocycles. The lowest BCUT2D eigenvalue weighted by molar-refractivity contribution is 0.360. The van der Waals surface area contributed by atoms with Crippen molar-refractivity contribution in [2.45, 2.75) is 45.9 Å². The molecule has 0 aliphatic rings. The highest BCUT2D eigenvalue weighted by atomic mass is 15.3. The highest BCUT2D eigenvalue weighted by Crippen LogP contribution is 2.12. The molecule has 0 unspecified atom stereocenters. The third-order valence-corrected chi connectivity index (χ3v) is 4.45. The molecule has 5 heteroatoms. The summed E-state index contributed by atoms with van der Waals surface area (Å²) < 4.78 is 4.21. The molecule has 0 fully saturated rings. The standard InChI is InChI=1S/C19H25N5/c1-15-11-22-24(13-15)17(3)16(2)21-12-19-20-9-10-23(19)14-18-7-5-4-6-8-18/h4-11,13,16-17,21H,12,14H2,1-3H3/t16-,17-/m1/s1. The topological polar surface area (TPSA) is 47.7 Å². The molecule has 0 aliphatic carbocycles. The average molecular weight is 323 g/mol. The van der Waals surface area contributed by atoms with Gasteiger partial charge in [-0.05, 0) is 31.9 Å². The second-order valence-corrected chi connectivity index (χ2v) is 6.36. The number of aryl methyl sites for hydroxylation is 1. The van der Waals surface area contributed by atoms with Crippen molar-refractivity contribution in [3.05, 3.63) is 72.1 Å². The molecule has 126 valence electrons. The summed E-state index contributed by atoms with van der Waals surface area (Å²) in [6.07, 6.45) is 7.88. The summed E-state index contributed by atoms with van der Waals surface area (Å²) in [7, 11) is 0. The summed E-state index contributed by atoms with van der Waals surface area (Å²) in [6, 6.07) is 11.0. The van der Waals surface area contributed by atoms with Crippen molar-refractivity contribution in [3.8, 4) is 0 Å². The first kappa shape index (κ1) is 16.5. The maximum absolute atomic E-state index is 4.50. The van der Waals surface area contributed by atoms with Gasteiger partial charge in [0.05, 0.1) is 18.8 Å². The van der Waals surface area contributed by atoms with E-state index in [1.165, 1.54) is 11.1 Å². The maximum Gasteiger partial charge on any atom is 0.122 e. The third kappa shape index (κ3) is 3.92. The lowest BCUT2D eigenvalue weighted by atomic mass is 10.1. The van der Waals surface area contributed by atoms with E-state index in [4.69, 9.17) is 0 Å². The monoisotopic (exact) mass is 323 g/mol. The van der Waals surface area contributed by atoms with Crippen LogP contribution in [0, 0.1) is 6.92 Å². The molecule has 2 atom stereocenters. The summed E-state index contributed by atoms with van der Waals surface area (Å²) in [4.78, 5) is 4.50. The Morgan fingerprint density at radius 1 is 1.17 bits per heavy atom. The fraction of sp³-hybridized carbons (Fsp3) is 0.368. The fourth-order valence-corrected chi connectivity index (χ4v) is 2.74. The fourth-order valence-electron chi connectivity index (χ4n) is 2.74. The summed E-state index contributed by atoms with van der Waals surface area (Å²) >= 11 is 0. The van der Waals surface area contributed by atoms with Crippen LogP contribution in [0.5, 0.6) is 0 Å². The molecule has 3 rings (SSSR count). The molecule has 5 nitrogen and oxygen atoms in total. The minimum absolute atomic E-state index is 0.288. The maximum atomic E-state index is 4.50. The molecule has 0 spiro atoms. The lowest BCUT2D eigenvalue weighted by Crippen LogP contribution is -2.34. The molecule has 0 amide bonds. The van der Waals surface area contributed by atoms with Crippen molar-refractivity contribution in [3.63, 3.8) is 0 Å². The molecule has 3 aromatic rings. The van der Waals surface area contributed by atoms with Gasteiger partial charge < -0.3 is 9.88 Å². The zero-order valence-corrected chi connectivity index (χ0v) is 14.6. The Balaban J connectivity index is 1.60. The number of aromatic nitrogens is 4. The van der Waals surface area contributed by atoms with Gasteiger partial charge in [0.15, 0.2) is 0 Å². The van der Waals surface area contributed by atoms with Gasteiger partial charge in [-0.3, -0.25) is 4.68 Å². The van der Waals surface area contributed by atoms with Gasteiger partial charge in [-0.25, -0.2) is 4.98 Å². The highest BCUT2D eigenvalue weighted by Gasteiger charge is 2.15. The van der Waals surface area contributed by atoms with Crippen molar-refractivity contribution < 1.29 is 0 Å². The van der Waals surface area contributed by atoms with Crippen molar-refractivity contribution in [2.24, 2.45) is 0 Å². The number of benzene rings is 1. The van der Waals surface area contributed by atoms with E-state index >= 15 is 0 Å². The Hall–Kier alpha value is -2.40. The summed E-state index contributed by atoms with van der Waals surface area (Å²) in [5.41, 5.74) is 2.47. The Morgan fingerprint density at radius 3 is 2.67 bits per heavy atom. The van der Waals surface area contributed by atoms with Gasteiger partial charge in [-0.2, -0.15) is 5.10 Å². The van der Waals surface area contributed by atoms with Crippen molar-refractivity contribution in [2.75, 3.05) is 0 Å². The third-order valence-electron chi connectivity index (χ3n) is 4.45. The highest BCUT2D eigenvalue weighted by molar-refractivity contribution is 5.15. The van der Waals surface area contributed by atoms with Crippen LogP contribution in [0.15, 0.2) is 55.1 Å². The molecule has 0 aliphatic heterocycles. The van der Waals surface area contributed by atoms with E-state index in [1.54, 1.807) is 0 Å². The van der Waals surface area contributed by atoms with Crippen LogP contribution in [0.25, 0.3) is 0 Å². The first-order valence-corrected chi connectivity index (χ1v) is 8.41. The van der Waals surface area contributed by atoms with E-state index in [0.29, 0.717) is 6.04 Å². The Kier molecular flexibility index (Phi) is 5.11. The van der Waals surface area contributed by atoms with Gasteiger partial charge in [-0.1, -0.05) is 30.3 Å². The predicted octanol–water partition coefficient (Wildman–Crippen LogP) is 3.18. The molecular weight excluding hydrogens is 298 g/mol. The smallest absolute Gasteiger partial charge is 0.122 e. The van der Waals surface area contributed by atoms with E-state index in [2.05, 4.69) is 71.2 Å².